The van der Waals surface area contributed by atoms with Crippen LogP contribution in [0.2, 0.25) is 0 Å². The molecule has 2 rings (SSSR count). The number of hydrogen-bond donors (Lipinski definition) is 3. The Labute approximate surface area is 138 Å². The molecule has 23 heavy (non-hydrogen) atoms. The number of thiazole rings is 1. The number of aromatic carboxylic acids is 1. The lowest BCUT2D eigenvalue weighted by Gasteiger charge is -2.06. The van der Waals surface area contributed by atoms with E-state index in [-0.39, 0.29) is 11.6 Å². The number of carboxylic acid groups (broad SMARTS) is 1. The third-order valence-corrected chi connectivity index (χ3v) is 4.43. The second-order valence-corrected chi connectivity index (χ2v) is 6.42. The number of carbonyl (C=O) groups excluding carboxylic acids is 1. The van der Waals surface area contributed by atoms with Crippen molar-refractivity contribution in [3.8, 4) is 0 Å². The quantitative estimate of drug-likeness (QED) is 0.756. The van der Waals surface area contributed by atoms with Gasteiger partial charge in [0, 0.05) is 17.6 Å². The fraction of sp³-hybridized carbons (Fsp3) is 0.312. The van der Waals surface area contributed by atoms with Gasteiger partial charge in [0.25, 0.3) is 0 Å². The number of nitrogens with zero attached hydrogens (tertiary/aromatic N) is 1. The summed E-state index contributed by atoms with van der Waals surface area (Å²) in [4.78, 5) is 27.8. The van der Waals surface area contributed by atoms with Crippen molar-refractivity contribution in [1.29, 1.82) is 0 Å². The van der Waals surface area contributed by atoms with E-state index in [2.05, 4.69) is 29.5 Å². The van der Waals surface area contributed by atoms with Gasteiger partial charge in [-0.1, -0.05) is 26.0 Å². The molecular weight excluding hydrogens is 314 g/mol. The van der Waals surface area contributed by atoms with Crippen LogP contribution in [0.3, 0.4) is 0 Å². The molecule has 0 saturated carbocycles. The molecule has 0 aliphatic rings. The molecule has 2 amide bonds. The summed E-state index contributed by atoms with van der Waals surface area (Å²) in [5, 5.41) is 14.9. The molecule has 3 N–H and O–H groups in total. The first-order chi connectivity index (χ1) is 11.0. The number of rotatable bonds is 6. The molecule has 0 atom stereocenters. The number of nitrogens with one attached hydrogen (secondary N) is 2. The molecule has 0 unspecified atom stereocenters. The highest BCUT2D eigenvalue weighted by molar-refractivity contribution is 7.15. The van der Waals surface area contributed by atoms with Crippen molar-refractivity contribution in [2.45, 2.75) is 26.2 Å². The zero-order valence-electron chi connectivity index (χ0n) is 13.0. The molecule has 0 spiro atoms. The lowest BCUT2D eigenvalue weighted by Crippen LogP contribution is -2.30. The lowest BCUT2D eigenvalue weighted by molar-refractivity contribution is 0.0697. The maximum atomic E-state index is 11.8. The maximum absolute atomic E-state index is 11.8. The first kappa shape index (κ1) is 17.0. The Balaban J connectivity index is 1.76. The molecule has 0 fully saturated rings. The smallest absolute Gasteiger partial charge is 0.335 e. The summed E-state index contributed by atoms with van der Waals surface area (Å²) in [5.41, 5.74) is 1.22. The number of benzene rings is 1. The van der Waals surface area contributed by atoms with Crippen molar-refractivity contribution in [3.63, 3.8) is 0 Å². The minimum atomic E-state index is -0.946. The molecule has 7 heteroatoms. The SMILES string of the molecule is CC(C)c1cnc(NC(=O)NCCc2ccc(C(=O)O)cc2)s1. The van der Waals surface area contributed by atoms with E-state index in [0.717, 1.165) is 10.4 Å². The predicted molar refractivity (Wildman–Crippen MR) is 90.3 cm³/mol. The Morgan fingerprint density at radius 2 is 1.96 bits per heavy atom. The van der Waals surface area contributed by atoms with Gasteiger partial charge in [-0.2, -0.15) is 0 Å². The van der Waals surface area contributed by atoms with Crippen LogP contribution in [0, 0.1) is 0 Å². The van der Waals surface area contributed by atoms with Gasteiger partial charge in [0.2, 0.25) is 0 Å². The van der Waals surface area contributed by atoms with Gasteiger partial charge in [0.15, 0.2) is 5.13 Å². The molecule has 6 nitrogen and oxygen atoms in total. The van der Waals surface area contributed by atoms with Gasteiger partial charge in [-0.3, -0.25) is 5.32 Å². The van der Waals surface area contributed by atoms with Gasteiger partial charge < -0.3 is 10.4 Å². The van der Waals surface area contributed by atoms with Crippen molar-refractivity contribution in [2.75, 3.05) is 11.9 Å². The fourth-order valence-corrected chi connectivity index (χ4v) is 2.70. The van der Waals surface area contributed by atoms with Crippen molar-refractivity contribution in [1.82, 2.24) is 10.3 Å². The van der Waals surface area contributed by atoms with Crippen LogP contribution in [0.5, 0.6) is 0 Å². The minimum Gasteiger partial charge on any atom is -0.478 e. The van der Waals surface area contributed by atoms with Gasteiger partial charge >= 0.3 is 12.0 Å². The Morgan fingerprint density at radius 1 is 1.26 bits per heavy atom. The van der Waals surface area contributed by atoms with E-state index in [1.54, 1.807) is 30.5 Å². The number of amides is 2. The third kappa shape index (κ3) is 5.07. The maximum Gasteiger partial charge on any atom is 0.335 e. The average molecular weight is 333 g/mol. The Bertz CT molecular complexity index is 680. The summed E-state index contributed by atoms with van der Waals surface area (Å²) in [6, 6.07) is 6.32. The predicted octanol–water partition coefficient (Wildman–Crippen LogP) is 3.33. The zero-order chi connectivity index (χ0) is 16.8. The van der Waals surface area contributed by atoms with Crippen molar-refractivity contribution >= 4 is 28.5 Å². The van der Waals surface area contributed by atoms with Crippen LogP contribution >= 0.6 is 11.3 Å². The number of carbonyl (C=O) groups is 2. The van der Waals surface area contributed by atoms with E-state index in [9.17, 15) is 9.59 Å². The summed E-state index contributed by atoms with van der Waals surface area (Å²) >= 11 is 1.46. The largest absolute Gasteiger partial charge is 0.478 e. The molecule has 122 valence electrons. The number of hydrogen-bond acceptors (Lipinski definition) is 4. The molecule has 0 radical (unpaired) electrons. The van der Waals surface area contributed by atoms with Gasteiger partial charge in [0.1, 0.15) is 0 Å². The Morgan fingerprint density at radius 3 is 2.52 bits per heavy atom. The molecule has 1 heterocycles. The summed E-state index contributed by atoms with van der Waals surface area (Å²) in [6.07, 6.45) is 2.40. The normalized spacial score (nSPS) is 10.6. The highest BCUT2D eigenvalue weighted by atomic mass is 32.1. The summed E-state index contributed by atoms with van der Waals surface area (Å²) in [6.45, 7) is 4.61. The minimum absolute atomic E-state index is 0.254. The number of anilines is 1. The molecule has 1 aromatic carbocycles. The third-order valence-electron chi connectivity index (χ3n) is 3.21. The lowest BCUT2D eigenvalue weighted by atomic mass is 10.1. The van der Waals surface area contributed by atoms with Gasteiger partial charge in [0.05, 0.1) is 5.56 Å². The molecule has 1 aromatic heterocycles. The topological polar surface area (TPSA) is 91.3 Å². The van der Waals surface area contributed by atoms with Gasteiger partial charge in [-0.05, 0) is 30.0 Å². The average Bonchev–Trinajstić information content (AvgIpc) is 2.96. The highest BCUT2D eigenvalue weighted by Gasteiger charge is 2.08. The summed E-state index contributed by atoms with van der Waals surface area (Å²) < 4.78 is 0. The highest BCUT2D eigenvalue weighted by Crippen LogP contribution is 2.24. The first-order valence-corrected chi connectivity index (χ1v) is 8.10. The van der Waals surface area contributed by atoms with Gasteiger partial charge in [-0.15, -0.1) is 11.3 Å². The van der Waals surface area contributed by atoms with Crippen LogP contribution in [-0.2, 0) is 6.42 Å². The summed E-state index contributed by atoms with van der Waals surface area (Å²) in [5.74, 6) is -0.557. The number of urea groups is 1. The van der Waals surface area contributed by atoms with Crippen molar-refractivity contribution in [3.05, 3.63) is 46.5 Å². The Kier molecular flexibility index (Phi) is 5.70. The number of carboxylic acids is 1. The van der Waals surface area contributed by atoms with Crippen LogP contribution in [0.25, 0.3) is 0 Å². The molecule has 0 aliphatic carbocycles. The van der Waals surface area contributed by atoms with Gasteiger partial charge in [-0.25, -0.2) is 14.6 Å². The van der Waals surface area contributed by atoms with E-state index in [1.807, 2.05) is 0 Å². The standard InChI is InChI=1S/C16H19N3O3S/c1-10(2)13-9-18-16(23-13)19-15(22)17-8-7-11-3-5-12(6-4-11)14(20)21/h3-6,9-10H,7-8H2,1-2H3,(H,20,21)(H2,17,18,19,22). The number of aromatic nitrogens is 1. The molecule has 0 aliphatic heterocycles. The monoisotopic (exact) mass is 333 g/mol. The fourth-order valence-electron chi connectivity index (χ4n) is 1.89. The van der Waals surface area contributed by atoms with E-state index in [0.29, 0.717) is 24.0 Å². The first-order valence-electron chi connectivity index (χ1n) is 7.28. The van der Waals surface area contributed by atoms with E-state index in [1.165, 1.54) is 11.3 Å². The van der Waals surface area contributed by atoms with Crippen LogP contribution < -0.4 is 10.6 Å². The van der Waals surface area contributed by atoms with Crippen molar-refractivity contribution < 1.29 is 14.7 Å². The van der Waals surface area contributed by atoms with Crippen LogP contribution in [0.1, 0.15) is 40.6 Å². The van der Waals surface area contributed by atoms with E-state index in [4.69, 9.17) is 5.11 Å². The molecule has 0 saturated heterocycles. The molecule has 0 bridgehead atoms. The van der Waals surface area contributed by atoms with Crippen LogP contribution in [-0.4, -0.2) is 28.6 Å². The molecule has 2 aromatic rings. The molecular formula is C16H19N3O3S. The second-order valence-electron chi connectivity index (χ2n) is 5.36. The van der Waals surface area contributed by atoms with Crippen LogP contribution in [0.4, 0.5) is 9.93 Å². The van der Waals surface area contributed by atoms with Crippen molar-refractivity contribution in [2.24, 2.45) is 0 Å². The van der Waals surface area contributed by atoms with Crippen LogP contribution in [0.15, 0.2) is 30.5 Å². The second kappa shape index (κ2) is 7.73. The van der Waals surface area contributed by atoms with E-state index >= 15 is 0 Å². The zero-order valence-corrected chi connectivity index (χ0v) is 13.8. The Hall–Kier alpha value is -2.41. The van der Waals surface area contributed by atoms with E-state index < -0.39 is 5.97 Å². The summed E-state index contributed by atoms with van der Waals surface area (Å²) in [7, 11) is 0.